The second-order valence-corrected chi connectivity index (χ2v) is 9.46. The number of piperidine rings is 1. The van der Waals surface area contributed by atoms with Gasteiger partial charge in [-0.15, -0.1) is 0 Å². The highest BCUT2D eigenvalue weighted by atomic mass is 16.2. The maximum atomic E-state index is 13.8. The molecule has 1 saturated heterocycles. The molecule has 2 heterocycles. The number of likely N-dealkylation sites (tertiary alicyclic amines) is 1. The van der Waals surface area contributed by atoms with E-state index in [0.717, 1.165) is 43.6 Å². The SMILES string of the molecule is CCn1nc(-c2ccccc2)c(-c2ccccc2)c(C(=O)NC2CCN(Cc3ccccc3)CC2)c1=O. The van der Waals surface area contributed by atoms with E-state index in [4.69, 9.17) is 5.10 Å². The second-order valence-electron chi connectivity index (χ2n) is 9.46. The molecule has 1 aliphatic heterocycles. The van der Waals surface area contributed by atoms with Gasteiger partial charge in [0.05, 0.1) is 5.69 Å². The van der Waals surface area contributed by atoms with E-state index in [0.29, 0.717) is 17.8 Å². The maximum Gasteiger partial charge on any atom is 0.280 e. The number of amides is 1. The molecule has 1 aromatic heterocycles. The lowest BCUT2D eigenvalue weighted by molar-refractivity contribution is 0.0907. The summed E-state index contributed by atoms with van der Waals surface area (Å²) in [5.74, 6) is -0.327. The van der Waals surface area contributed by atoms with E-state index in [1.54, 1.807) is 0 Å². The topological polar surface area (TPSA) is 67.2 Å². The monoisotopic (exact) mass is 492 g/mol. The molecule has 5 rings (SSSR count). The van der Waals surface area contributed by atoms with E-state index in [1.807, 2.05) is 73.7 Å². The lowest BCUT2D eigenvalue weighted by atomic mass is 9.94. The fourth-order valence-electron chi connectivity index (χ4n) is 5.01. The van der Waals surface area contributed by atoms with Crippen molar-refractivity contribution in [2.45, 2.75) is 38.9 Å². The largest absolute Gasteiger partial charge is 0.349 e. The smallest absolute Gasteiger partial charge is 0.280 e. The molecule has 4 aromatic rings. The van der Waals surface area contributed by atoms with Gasteiger partial charge in [0.25, 0.3) is 11.5 Å². The Labute approximate surface area is 217 Å². The molecule has 188 valence electrons. The minimum Gasteiger partial charge on any atom is -0.349 e. The first kappa shape index (κ1) is 24.7. The molecule has 0 bridgehead atoms. The molecular formula is C31H32N4O2. The molecule has 6 heteroatoms. The van der Waals surface area contributed by atoms with Gasteiger partial charge in [-0.05, 0) is 30.9 Å². The van der Waals surface area contributed by atoms with E-state index in [2.05, 4.69) is 34.5 Å². The number of benzene rings is 3. The molecule has 0 radical (unpaired) electrons. The van der Waals surface area contributed by atoms with Crippen LogP contribution in [0.1, 0.15) is 35.7 Å². The van der Waals surface area contributed by atoms with Crippen LogP contribution in [0.2, 0.25) is 0 Å². The summed E-state index contributed by atoms with van der Waals surface area (Å²) in [5, 5.41) is 7.89. The Morgan fingerprint density at radius 1 is 0.865 bits per heavy atom. The maximum absolute atomic E-state index is 13.8. The number of carbonyl (C=O) groups excluding carboxylic acids is 1. The third-order valence-electron chi connectivity index (χ3n) is 6.96. The molecular weight excluding hydrogens is 460 g/mol. The molecule has 0 unspecified atom stereocenters. The van der Waals surface area contributed by atoms with Crippen LogP contribution < -0.4 is 10.9 Å². The van der Waals surface area contributed by atoms with Crippen LogP contribution in [0, 0.1) is 0 Å². The van der Waals surface area contributed by atoms with E-state index < -0.39 is 0 Å². The first-order valence-corrected chi connectivity index (χ1v) is 13.0. The zero-order valence-corrected chi connectivity index (χ0v) is 21.1. The minimum atomic E-state index is -0.361. The van der Waals surface area contributed by atoms with Gasteiger partial charge in [0.2, 0.25) is 0 Å². The molecule has 37 heavy (non-hydrogen) atoms. The van der Waals surface area contributed by atoms with Crippen LogP contribution in [0.4, 0.5) is 0 Å². The van der Waals surface area contributed by atoms with Gasteiger partial charge in [0.15, 0.2) is 0 Å². The fourth-order valence-corrected chi connectivity index (χ4v) is 5.01. The van der Waals surface area contributed by atoms with Gasteiger partial charge in [0.1, 0.15) is 5.56 Å². The summed E-state index contributed by atoms with van der Waals surface area (Å²) >= 11 is 0. The summed E-state index contributed by atoms with van der Waals surface area (Å²) in [4.78, 5) is 29.7. The van der Waals surface area contributed by atoms with E-state index in [-0.39, 0.29) is 23.1 Å². The van der Waals surface area contributed by atoms with Crippen LogP contribution in [0.25, 0.3) is 22.4 Å². The Bertz CT molecular complexity index is 1390. The van der Waals surface area contributed by atoms with Crippen molar-refractivity contribution in [2.24, 2.45) is 0 Å². The average molecular weight is 493 g/mol. The van der Waals surface area contributed by atoms with Gasteiger partial charge in [-0.3, -0.25) is 14.5 Å². The predicted octanol–water partition coefficient (Wildman–Crippen LogP) is 4.99. The van der Waals surface area contributed by atoms with Crippen LogP contribution in [-0.2, 0) is 13.1 Å². The molecule has 1 aliphatic rings. The van der Waals surface area contributed by atoms with Crippen LogP contribution in [0.3, 0.4) is 0 Å². The number of nitrogens with zero attached hydrogens (tertiary/aromatic N) is 3. The lowest BCUT2D eigenvalue weighted by Crippen LogP contribution is -2.46. The van der Waals surface area contributed by atoms with Crippen molar-refractivity contribution in [1.29, 1.82) is 0 Å². The third-order valence-corrected chi connectivity index (χ3v) is 6.96. The summed E-state index contributed by atoms with van der Waals surface area (Å²) < 4.78 is 1.39. The Hall–Kier alpha value is -4.03. The van der Waals surface area contributed by atoms with E-state index in [1.165, 1.54) is 10.2 Å². The van der Waals surface area contributed by atoms with E-state index >= 15 is 0 Å². The highest BCUT2D eigenvalue weighted by Gasteiger charge is 2.28. The third kappa shape index (κ3) is 5.54. The number of hydrogen-bond acceptors (Lipinski definition) is 4. The molecule has 0 spiro atoms. The number of carbonyl (C=O) groups is 1. The average Bonchev–Trinajstić information content (AvgIpc) is 2.95. The number of rotatable bonds is 7. The van der Waals surface area contributed by atoms with Crippen molar-refractivity contribution in [3.63, 3.8) is 0 Å². The second kappa shape index (κ2) is 11.4. The first-order chi connectivity index (χ1) is 18.1. The Morgan fingerprint density at radius 3 is 2.03 bits per heavy atom. The molecule has 1 amide bonds. The highest BCUT2D eigenvalue weighted by Crippen LogP contribution is 2.32. The first-order valence-electron chi connectivity index (χ1n) is 13.0. The van der Waals surface area contributed by atoms with Gasteiger partial charge in [0, 0.05) is 43.3 Å². The van der Waals surface area contributed by atoms with Crippen molar-refractivity contribution in [2.75, 3.05) is 13.1 Å². The molecule has 0 saturated carbocycles. The Balaban J connectivity index is 1.45. The molecule has 3 aromatic carbocycles. The van der Waals surface area contributed by atoms with Gasteiger partial charge < -0.3 is 5.32 Å². The van der Waals surface area contributed by atoms with E-state index in [9.17, 15) is 9.59 Å². The minimum absolute atomic E-state index is 0.0194. The number of aryl methyl sites for hydroxylation is 1. The van der Waals surface area contributed by atoms with Crippen LogP contribution in [-0.4, -0.2) is 39.7 Å². The lowest BCUT2D eigenvalue weighted by Gasteiger charge is -2.32. The molecule has 0 aliphatic carbocycles. The van der Waals surface area contributed by atoms with Crippen molar-refractivity contribution < 1.29 is 4.79 Å². The van der Waals surface area contributed by atoms with Crippen molar-refractivity contribution in [3.8, 4) is 22.4 Å². The summed E-state index contributed by atoms with van der Waals surface area (Å²) in [6.45, 7) is 4.96. The van der Waals surface area contributed by atoms with Crippen LogP contribution >= 0.6 is 0 Å². The van der Waals surface area contributed by atoms with Gasteiger partial charge >= 0.3 is 0 Å². The highest BCUT2D eigenvalue weighted by molar-refractivity contribution is 6.03. The van der Waals surface area contributed by atoms with Crippen LogP contribution in [0.15, 0.2) is 95.8 Å². The molecule has 1 N–H and O–H groups in total. The van der Waals surface area contributed by atoms with Crippen LogP contribution in [0.5, 0.6) is 0 Å². The van der Waals surface area contributed by atoms with Gasteiger partial charge in [-0.2, -0.15) is 5.10 Å². The summed E-state index contributed by atoms with van der Waals surface area (Å²) in [7, 11) is 0. The van der Waals surface area contributed by atoms with Crippen molar-refractivity contribution in [1.82, 2.24) is 20.0 Å². The zero-order valence-electron chi connectivity index (χ0n) is 21.1. The Morgan fingerprint density at radius 2 is 1.43 bits per heavy atom. The summed E-state index contributed by atoms with van der Waals surface area (Å²) in [6, 6.07) is 29.8. The summed E-state index contributed by atoms with van der Waals surface area (Å²) in [6.07, 6.45) is 1.69. The molecule has 1 fully saturated rings. The zero-order chi connectivity index (χ0) is 25.6. The Kier molecular flexibility index (Phi) is 7.57. The quantitative estimate of drug-likeness (QED) is 0.395. The van der Waals surface area contributed by atoms with Gasteiger partial charge in [-0.25, -0.2) is 4.68 Å². The standard InChI is InChI=1S/C31H32N4O2/c1-2-35-31(37)28(27(24-14-8-4-9-15-24)29(33-35)25-16-10-5-11-17-25)30(36)32-26-18-20-34(21-19-26)22-23-12-6-3-7-13-23/h3-17,26H,2,18-22H2,1H3,(H,32,36). The van der Waals surface area contributed by atoms with Crippen molar-refractivity contribution in [3.05, 3.63) is 112 Å². The predicted molar refractivity (Wildman–Crippen MR) is 147 cm³/mol. The molecule has 0 atom stereocenters. The number of hydrogen-bond donors (Lipinski definition) is 1. The summed E-state index contributed by atoms with van der Waals surface area (Å²) in [5.41, 5.74) is 3.98. The number of aromatic nitrogens is 2. The fraction of sp³-hybridized carbons (Fsp3) is 0.258. The molecule has 6 nitrogen and oxygen atoms in total. The normalized spacial score (nSPS) is 14.4. The van der Waals surface area contributed by atoms with Gasteiger partial charge in [-0.1, -0.05) is 91.0 Å². The van der Waals surface area contributed by atoms with Crippen molar-refractivity contribution >= 4 is 5.91 Å². The number of nitrogens with one attached hydrogen (secondary N) is 1.